The predicted molar refractivity (Wildman–Crippen MR) is 85.9 cm³/mol. The number of rotatable bonds is 6. The number of sulfonamides is 1. The largest absolute Gasteiger partial charge is 0.240 e. The first kappa shape index (κ1) is 15.7. The van der Waals surface area contributed by atoms with Gasteiger partial charge >= 0.3 is 0 Å². The van der Waals surface area contributed by atoms with Gasteiger partial charge in [-0.1, -0.05) is 56.3 Å². The Balaban J connectivity index is 2.04. The van der Waals surface area contributed by atoms with Crippen molar-refractivity contribution in [3.63, 3.8) is 0 Å². The van der Waals surface area contributed by atoms with Crippen molar-refractivity contribution in [3.8, 4) is 0 Å². The van der Waals surface area contributed by atoms with E-state index in [2.05, 4.69) is 4.72 Å². The van der Waals surface area contributed by atoms with Crippen LogP contribution in [-0.2, 0) is 16.4 Å². The lowest BCUT2D eigenvalue weighted by Gasteiger charge is -2.13. The van der Waals surface area contributed by atoms with E-state index in [1.165, 1.54) is 0 Å². The monoisotopic (exact) mass is 303 g/mol. The lowest BCUT2D eigenvalue weighted by atomic mass is 10.0. The highest BCUT2D eigenvalue weighted by molar-refractivity contribution is 7.89. The van der Waals surface area contributed by atoms with Crippen LogP contribution in [0, 0.1) is 0 Å². The second-order valence-corrected chi connectivity index (χ2v) is 6.93. The lowest BCUT2D eigenvalue weighted by molar-refractivity contribution is 0.575. The summed E-state index contributed by atoms with van der Waals surface area (Å²) in [5.74, 6) is 0.135. The molecule has 21 heavy (non-hydrogen) atoms. The number of hydrogen-bond acceptors (Lipinski definition) is 2. The normalized spacial score (nSPS) is 13.0. The molecule has 3 nitrogen and oxygen atoms in total. The summed E-state index contributed by atoms with van der Waals surface area (Å²) < 4.78 is 27.2. The van der Waals surface area contributed by atoms with Gasteiger partial charge in [-0.15, -0.1) is 0 Å². The van der Waals surface area contributed by atoms with Gasteiger partial charge in [0.05, 0.1) is 4.90 Å². The molecule has 0 radical (unpaired) electrons. The van der Waals surface area contributed by atoms with E-state index in [9.17, 15) is 8.42 Å². The molecule has 4 heteroatoms. The van der Waals surface area contributed by atoms with E-state index < -0.39 is 10.0 Å². The van der Waals surface area contributed by atoms with Crippen molar-refractivity contribution in [1.29, 1.82) is 0 Å². The minimum atomic E-state index is -3.44. The third-order valence-corrected chi connectivity index (χ3v) is 5.03. The molecule has 1 unspecified atom stereocenters. The molecule has 0 aliphatic carbocycles. The molecule has 1 atom stereocenters. The van der Waals surface area contributed by atoms with Crippen molar-refractivity contribution in [1.82, 2.24) is 4.72 Å². The molecule has 0 spiro atoms. The third-order valence-electron chi connectivity index (χ3n) is 3.59. The minimum Gasteiger partial charge on any atom is -0.211 e. The molecular formula is C17H21NO2S. The maximum Gasteiger partial charge on any atom is 0.240 e. The van der Waals surface area contributed by atoms with E-state index in [1.54, 1.807) is 12.1 Å². The maximum absolute atomic E-state index is 12.3. The van der Waals surface area contributed by atoms with Crippen LogP contribution in [0.2, 0.25) is 0 Å². The zero-order valence-corrected chi connectivity index (χ0v) is 13.2. The molecular weight excluding hydrogens is 282 g/mol. The summed E-state index contributed by atoms with van der Waals surface area (Å²) in [7, 11) is -3.44. The molecule has 0 saturated carbocycles. The molecule has 2 rings (SSSR count). The Bertz CT molecular complexity index is 664. The molecule has 112 valence electrons. The van der Waals surface area contributed by atoms with Crippen LogP contribution < -0.4 is 4.72 Å². The number of hydrogen-bond donors (Lipinski definition) is 1. The van der Waals surface area contributed by atoms with Gasteiger partial charge in [0.15, 0.2) is 0 Å². The molecule has 0 bridgehead atoms. The van der Waals surface area contributed by atoms with Gasteiger partial charge in [0.1, 0.15) is 0 Å². The Kier molecular flexibility index (Phi) is 5.15. The van der Waals surface area contributed by atoms with Gasteiger partial charge in [-0.2, -0.15) is 0 Å². The van der Waals surface area contributed by atoms with E-state index in [4.69, 9.17) is 0 Å². The highest BCUT2D eigenvalue weighted by Crippen LogP contribution is 2.15. The molecule has 0 amide bonds. The summed E-state index contributed by atoms with van der Waals surface area (Å²) in [6.07, 6.45) is 0.902. The van der Waals surface area contributed by atoms with E-state index >= 15 is 0 Å². The topological polar surface area (TPSA) is 46.2 Å². The van der Waals surface area contributed by atoms with Gasteiger partial charge in [0.25, 0.3) is 0 Å². The van der Waals surface area contributed by atoms with Crippen LogP contribution in [0.5, 0.6) is 0 Å². The van der Waals surface area contributed by atoms with E-state index in [1.807, 2.05) is 56.3 Å². The maximum atomic E-state index is 12.3. The molecule has 0 aromatic heterocycles. The highest BCUT2D eigenvalue weighted by atomic mass is 32.2. The fraction of sp³-hybridized carbons (Fsp3) is 0.294. The standard InChI is InChI=1S/C17H21NO2S/c1-3-15-9-11-17(12-10-15)21(19,20)18-13-14(2)16-7-5-4-6-8-16/h4-12,14,18H,3,13H2,1-2H3. The predicted octanol–water partition coefficient (Wildman–Crippen LogP) is 3.33. The summed E-state index contributed by atoms with van der Waals surface area (Å²) in [5, 5.41) is 0. The quantitative estimate of drug-likeness (QED) is 0.889. The van der Waals surface area contributed by atoms with Crippen LogP contribution >= 0.6 is 0 Å². The van der Waals surface area contributed by atoms with Crippen molar-refractivity contribution in [2.24, 2.45) is 0 Å². The highest BCUT2D eigenvalue weighted by Gasteiger charge is 2.15. The van der Waals surface area contributed by atoms with E-state index in [-0.39, 0.29) is 5.92 Å². The number of nitrogens with one attached hydrogen (secondary N) is 1. The van der Waals surface area contributed by atoms with Crippen LogP contribution in [-0.4, -0.2) is 15.0 Å². The Morgan fingerprint density at radius 3 is 2.19 bits per heavy atom. The molecule has 0 aliphatic heterocycles. The van der Waals surface area contributed by atoms with Crippen LogP contribution in [0.3, 0.4) is 0 Å². The molecule has 1 N–H and O–H groups in total. The molecule has 2 aromatic carbocycles. The van der Waals surface area contributed by atoms with Gasteiger partial charge in [-0.25, -0.2) is 13.1 Å². The fourth-order valence-corrected chi connectivity index (χ4v) is 3.25. The van der Waals surface area contributed by atoms with E-state index in [0.717, 1.165) is 17.5 Å². The number of benzene rings is 2. The Morgan fingerprint density at radius 1 is 1.00 bits per heavy atom. The first-order chi connectivity index (χ1) is 10.0. The molecule has 0 fully saturated rings. The lowest BCUT2D eigenvalue weighted by Crippen LogP contribution is -2.27. The summed E-state index contributed by atoms with van der Waals surface area (Å²) in [6, 6.07) is 16.9. The van der Waals surface area contributed by atoms with Crippen LogP contribution in [0.4, 0.5) is 0 Å². The summed E-state index contributed by atoms with van der Waals surface area (Å²) in [4.78, 5) is 0.319. The van der Waals surface area contributed by atoms with Gasteiger partial charge in [-0.05, 0) is 35.6 Å². The van der Waals surface area contributed by atoms with Crippen LogP contribution in [0.15, 0.2) is 59.5 Å². The Morgan fingerprint density at radius 2 is 1.62 bits per heavy atom. The van der Waals surface area contributed by atoms with Crippen molar-refractivity contribution in [3.05, 3.63) is 65.7 Å². The van der Waals surface area contributed by atoms with E-state index in [0.29, 0.717) is 11.4 Å². The van der Waals surface area contributed by atoms with Crippen molar-refractivity contribution < 1.29 is 8.42 Å². The average Bonchev–Trinajstić information content (AvgIpc) is 2.53. The molecule has 0 saturated heterocycles. The van der Waals surface area contributed by atoms with Gasteiger partial charge in [0, 0.05) is 6.54 Å². The van der Waals surface area contributed by atoms with Crippen molar-refractivity contribution in [2.45, 2.75) is 31.1 Å². The van der Waals surface area contributed by atoms with Gasteiger partial charge in [-0.3, -0.25) is 0 Å². The zero-order valence-electron chi connectivity index (χ0n) is 12.4. The minimum absolute atomic E-state index is 0.135. The Hall–Kier alpha value is -1.65. The smallest absolute Gasteiger partial charge is 0.211 e. The second-order valence-electron chi connectivity index (χ2n) is 5.16. The van der Waals surface area contributed by atoms with Crippen LogP contribution in [0.1, 0.15) is 30.9 Å². The average molecular weight is 303 g/mol. The molecule has 0 heterocycles. The fourth-order valence-electron chi connectivity index (χ4n) is 2.12. The van der Waals surface area contributed by atoms with Crippen LogP contribution in [0.25, 0.3) is 0 Å². The number of aryl methyl sites for hydroxylation is 1. The first-order valence-corrected chi connectivity index (χ1v) is 8.65. The van der Waals surface area contributed by atoms with Crippen molar-refractivity contribution >= 4 is 10.0 Å². The Labute approximate surface area is 127 Å². The summed E-state index contributed by atoms with van der Waals surface area (Å²) >= 11 is 0. The third kappa shape index (κ3) is 4.16. The second kappa shape index (κ2) is 6.87. The molecule has 0 aliphatic rings. The molecule has 2 aromatic rings. The van der Waals surface area contributed by atoms with Crippen molar-refractivity contribution in [2.75, 3.05) is 6.54 Å². The SMILES string of the molecule is CCc1ccc(S(=O)(=O)NCC(C)c2ccccc2)cc1. The zero-order chi connectivity index (χ0) is 15.3. The van der Waals surface area contributed by atoms with Gasteiger partial charge < -0.3 is 0 Å². The summed E-state index contributed by atoms with van der Waals surface area (Å²) in [5.41, 5.74) is 2.26. The first-order valence-electron chi connectivity index (χ1n) is 7.16. The summed E-state index contributed by atoms with van der Waals surface area (Å²) in [6.45, 7) is 4.45. The van der Waals surface area contributed by atoms with Gasteiger partial charge in [0.2, 0.25) is 10.0 Å².